The highest BCUT2D eigenvalue weighted by molar-refractivity contribution is 5.54. The van der Waals surface area contributed by atoms with Gasteiger partial charge in [-0.15, -0.1) is 0 Å². The van der Waals surface area contributed by atoms with Crippen molar-refractivity contribution in [1.82, 2.24) is 4.90 Å². The molecule has 0 spiro atoms. The Hall–Kier alpha value is -1.36. The van der Waals surface area contributed by atoms with Crippen LogP contribution in [0.2, 0.25) is 0 Å². The number of aryl methyl sites for hydroxylation is 1. The molecule has 1 aliphatic rings. The van der Waals surface area contributed by atoms with Crippen LogP contribution in [0.15, 0.2) is 18.2 Å². The fourth-order valence-corrected chi connectivity index (χ4v) is 2.07. The Morgan fingerprint density at radius 2 is 1.70 bits per heavy atom. The molecule has 0 radical (unpaired) electrons. The number of halogens is 2. The SMILES string of the molecule is CC.Cc1ccc(N2CCN(C)CC2)cc1OC(F)F. The van der Waals surface area contributed by atoms with Gasteiger partial charge in [-0.1, -0.05) is 19.9 Å². The number of hydrogen-bond donors (Lipinski definition) is 0. The summed E-state index contributed by atoms with van der Waals surface area (Å²) in [4.78, 5) is 4.44. The van der Waals surface area contributed by atoms with E-state index in [0.717, 1.165) is 37.4 Å². The zero-order valence-corrected chi connectivity index (χ0v) is 12.7. The smallest absolute Gasteiger partial charge is 0.387 e. The second-order valence-electron chi connectivity index (χ2n) is 4.62. The summed E-state index contributed by atoms with van der Waals surface area (Å²) in [6.45, 7) is 6.79. The quantitative estimate of drug-likeness (QED) is 0.847. The van der Waals surface area contributed by atoms with Crippen molar-refractivity contribution in [2.24, 2.45) is 0 Å². The highest BCUT2D eigenvalue weighted by atomic mass is 19.3. The van der Waals surface area contributed by atoms with Gasteiger partial charge in [0.15, 0.2) is 0 Å². The summed E-state index contributed by atoms with van der Waals surface area (Å²) < 4.78 is 29.1. The van der Waals surface area contributed by atoms with Gasteiger partial charge in [0.25, 0.3) is 0 Å². The van der Waals surface area contributed by atoms with E-state index in [4.69, 9.17) is 0 Å². The first-order valence-electron chi connectivity index (χ1n) is 7.05. The largest absolute Gasteiger partial charge is 0.434 e. The van der Waals surface area contributed by atoms with Gasteiger partial charge in [0, 0.05) is 37.9 Å². The van der Waals surface area contributed by atoms with Crippen LogP contribution in [0, 0.1) is 6.92 Å². The number of hydrogen-bond acceptors (Lipinski definition) is 3. The number of nitrogens with zero attached hydrogens (tertiary/aromatic N) is 2. The summed E-state index contributed by atoms with van der Waals surface area (Å²) in [5.74, 6) is 0.265. The Morgan fingerprint density at radius 1 is 1.10 bits per heavy atom. The molecule has 0 saturated carbocycles. The molecule has 0 aromatic heterocycles. The van der Waals surface area contributed by atoms with Crippen LogP contribution >= 0.6 is 0 Å². The van der Waals surface area contributed by atoms with Crippen LogP contribution in [-0.4, -0.2) is 44.7 Å². The van der Waals surface area contributed by atoms with E-state index in [1.165, 1.54) is 0 Å². The number of benzene rings is 1. The van der Waals surface area contributed by atoms with Crippen molar-refractivity contribution in [3.05, 3.63) is 23.8 Å². The summed E-state index contributed by atoms with van der Waals surface area (Å²) >= 11 is 0. The lowest BCUT2D eigenvalue weighted by Crippen LogP contribution is -2.44. The number of alkyl halides is 2. The molecule has 2 rings (SSSR count). The number of rotatable bonds is 3. The number of piperazine rings is 1. The van der Waals surface area contributed by atoms with E-state index >= 15 is 0 Å². The molecule has 0 unspecified atom stereocenters. The summed E-state index contributed by atoms with van der Waals surface area (Å²) in [6, 6.07) is 5.48. The molecule has 1 fully saturated rings. The summed E-state index contributed by atoms with van der Waals surface area (Å²) in [7, 11) is 2.08. The Kier molecular flexibility index (Phi) is 6.71. The van der Waals surface area contributed by atoms with E-state index < -0.39 is 6.61 Å². The van der Waals surface area contributed by atoms with Crippen LogP contribution in [0.3, 0.4) is 0 Å². The molecular weight excluding hydrogens is 262 g/mol. The second kappa shape index (κ2) is 8.04. The fraction of sp³-hybridized carbons (Fsp3) is 0.600. The van der Waals surface area contributed by atoms with E-state index in [2.05, 4.69) is 21.6 Å². The summed E-state index contributed by atoms with van der Waals surface area (Å²) in [5.41, 5.74) is 1.68. The van der Waals surface area contributed by atoms with E-state index in [1.807, 2.05) is 26.0 Å². The van der Waals surface area contributed by atoms with Crippen LogP contribution in [0.4, 0.5) is 14.5 Å². The first-order chi connectivity index (χ1) is 9.56. The minimum atomic E-state index is -2.77. The lowest BCUT2D eigenvalue weighted by molar-refractivity contribution is -0.0502. The molecule has 20 heavy (non-hydrogen) atoms. The molecule has 1 aliphatic heterocycles. The highest BCUT2D eigenvalue weighted by Gasteiger charge is 2.16. The molecule has 114 valence electrons. The van der Waals surface area contributed by atoms with Gasteiger partial charge in [0.05, 0.1) is 0 Å². The molecule has 0 bridgehead atoms. The molecular formula is C15H24F2N2O. The van der Waals surface area contributed by atoms with Crippen LogP contribution < -0.4 is 9.64 Å². The molecule has 1 heterocycles. The normalized spacial score (nSPS) is 15.8. The predicted molar refractivity (Wildman–Crippen MR) is 78.9 cm³/mol. The topological polar surface area (TPSA) is 15.7 Å². The van der Waals surface area contributed by atoms with Crippen molar-refractivity contribution < 1.29 is 13.5 Å². The van der Waals surface area contributed by atoms with Crippen molar-refractivity contribution in [3.63, 3.8) is 0 Å². The van der Waals surface area contributed by atoms with Gasteiger partial charge in [-0.3, -0.25) is 0 Å². The Morgan fingerprint density at radius 3 is 2.25 bits per heavy atom. The lowest BCUT2D eigenvalue weighted by atomic mass is 10.1. The minimum Gasteiger partial charge on any atom is -0.434 e. The second-order valence-corrected chi connectivity index (χ2v) is 4.62. The van der Waals surface area contributed by atoms with Gasteiger partial charge in [-0.05, 0) is 25.6 Å². The van der Waals surface area contributed by atoms with E-state index in [0.29, 0.717) is 0 Å². The van der Waals surface area contributed by atoms with Gasteiger partial charge in [-0.2, -0.15) is 8.78 Å². The van der Waals surface area contributed by atoms with E-state index in [1.54, 1.807) is 13.0 Å². The van der Waals surface area contributed by atoms with Gasteiger partial charge in [0.1, 0.15) is 5.75 Å². The third-order valence-corrected chi connectivity index (χ3v) is 3.26. The average molecular weight is 286 g/mol. The zero-order valence-electron chi connectivity index (χ0n) is 12.7. The molecule has 1 aromatic rings. The van der Waals surface area contributed by atoms with Crippen LogP contribution in [-0.2, 0) is 0 Å². The molecule has 0 N–H and O–H groups in total. The number of ether oxygens (including phenoxy) is 1. The maximum atomic E-state index is 12.3. The Labute approximate surface area is 120 Å². The first-order valence-corrected chi connectivity index (χ1v) is 7.05. The van der Waals surface area contributed by atoms with Crippen molar-refractivity contribution in [2.45, 2.75) is 27.4 Å². The standard InChI is InChI=1S/C13H18F2N2O.C2H6/c1-10-3-4-11(9-12(10)18-13(14)15)17-7-5-16(2)6-8-17;1-2/h3-4,9,13H,5-8H2,1-2H3;1-2H3. The van der Waals surface area contributed by atoms with Crippen LogP contribution in [0.5, 0.6) is 5.75 Å². The Bertz CT molecular complexity index is 405. The van der Waals surface area contributed by atoms with E-state index in [9.17, 15) is 8.78 Å². The molecule has 1 aromatic carbocycles. The summed E-state index contributed by atoms with van der Waals surface area (Å²) in [6.07, 6.45) is 0. The van der Waals surface area contributed by atoms with Crippen molar-refractivity contribution in [2.75, 3.05) is 38.1 Å². The zero-order chi connectivity index (χ0) is 15.1. The van der Waals surface area contributed by atoms with Crippen LogP contribution in [0.1, 0.15) is 19.4 Å². The molecule has 5 heteroatoms. The van der Waals surface area contributed by atoms with Crippen LogP contribution in [0.25, 0.3) is 0 Å². The van der Waals surface area contributed by atoms with E-state index in [-0.39, 0.29) is 5.75 Å². The maximum Gasteiger partial charge on any atom is 0.387 e. The third-order valence-electron chi connectivity index (χ3n) is 3.26. The highest BCUT2D eigenvalue weighted by Crippen LogP contribution is 2.27. The minimum absolute atomic E-state index is 0.265. The van der Waals surface area contributed by atoms with Crippen molar-refractivity contribution in [3.8, 4) is 5.75 Å². The van der Waals surface area contributed by atoms with Gasteiger partial charge >= 0.3 is 6.61 Å². The molecule has 1 saturated heterocycles. The number of likely N-dealkylation sites (N-methyl/N-ethyl adjacent to an activating group) is 1. The Balaban J connectivity index is 0.000000956. The number of anilines is 1. The molecule has 3 nitrogen and oxygen atoms in total. The maximum absolute atomic E-state index is 12.3. The third kappa shape index (κ3) is 4.63. The summed E-state index contributed by atoms with van der Waals surface area (Å²) in [5, 5.41) is 0. The lowest BCUT2D eigenvalue weighted by Gasteiger charge is -2.34. The van der Waals surface area contributed by atoms with Crippen molar-refractivity contribution >= 4 is 5.69 Å². The monoisotopic (exact) mass is 286 g/mol. The average Bonchev–Trinajstić information content (AvgIpc) is 2.44. The molecule has 0 amide bonds. The van der Waals surface area contributed by atoms with Gasteiger partial charge in [-0.25, -0.2) is 0 Å². The fourth-order valence-electron chi connectivity index (χ4n) is 2.07. The van der Waals surface area contributed by atoms with Gasteiger partial charge in [0.2, 0.25) is 0 Å². The van der Waals surface area contributed by atoms with Gasteiger partial charge < -0.3 is 14.5 Å². The first kappa shape index (κ1) is 16.7. The van der Waals surface area contributed by atoms with Crippen molar-refractivity contribution in [1.29, 1.82) is 0 Å². The molecule has 0 atom stereocenters. The predicted octanol–water partition coefficient (Wildman–Crippen LogP) is 3.37. The molecule has 0 aliphatic carbocycles.